The van der Waals surface area contributed by atoms with Gasteiger partial charge in [-0.1, -0.05) is 91.0 Å². The van der Waals surface area contributed by atoms with Gasteiger partial charge in [0, 0.05) is 5.92 Å². The number of fused-ring (bicyclic) bond motifs is 3. The van der Waals surface area contributed by atoms with Crippen molar-refractivity contribution in [3.05, 3.63) is 125 Å². The molecule has 0 spiro atoms. The summed E-state index contributed by atoms with van der Waals surface area (Å²) < 4.78 is 39.6. The van der Waals surface area contributed by atoms with Gasteiger partial charge < -0.3 is 19.4 Å². The summed E-state index contributed by atoms with van der Waals surface area (Å²) in [6.45, 7) is -0.00329. The standard InChI is InChI=1S/C32H29NO7S/c1-41(36,37)40-23-13-9-12-22(18-23)29(31(34)38-19-21-10-3-2-4-11-21)30(33)32(35)39-20-28-26-16-7-5-14-24(26)25-15-6-8-17-27(25)28/h2-18,28-30H,19-20,33H2,1H3. The molecule has 0 bridgehead atoms. The first kappa shape index (κ1) is 28.1. The minimum Gasteiger partial charge on any atom is -0.463 e. The van der Waals surface area contributed by atoms with Crippen molar-refractivity contribution in [3.63, 3.8) is 0 Å². The van der Waals surface area contributed by atoms with Crippen molar-refractivity contribution in [2.45, 2.75) is 24.5 Å². The van der Waals surface area contributed by atoms with E-state index in [0.29, 0.717) is 0 Å². The van der Waals surface area contributed by atoms with E-state index >= 15 is 0 Å². The van der Waals surface area contributed by atoms with Crippen LogP contribution in [0, 0.1) is 0 Å². The van der Waals surface area contributed by atoms with Crippen LogP contribution in [-0.4, -0.2) is 39.3 Å². The maximum Gasteiger partial charge on any atom is 0.324 e. The van der Waals surface area contributed by atoms with Crippen LogP contribution in [0.1, 0.15) is 34.1 Å². The maximum atomic E-state index is 13.4. The molecule has 1 aliphatic rings. The summed E-state index contributed by atoms with van der Waals surface area (Å²) in [4.78, 5) is 26.7. The summed E-state index contributed by atoms with van der Waals surface area (Å²) in [6.07, 6.45) is 0.910. The number of hydrogen-bond acceptors (Lipinski definition) is 8. The average Bonchev–Trinajstić information content (AvgIpc) is 3.28. The molecule has 0 radical (unpaired) electrons. The number of esters is 2. The zero-order chi connectivity index (χ0) is 29.0. The molecule has 8 nitrogen and oxygen atoms in total. The Morgan fingerprint density at radius 1 is 0.780 bits per heavy atom. The Morgan fingerprint density at radius 3 is 2.02 bits per heavy atom. The van der Waals surface area contributed by atoms with Crippen molar-refractivity contribution in [3.8, 4) is 16.9 Å². The highest BCUT2D eigenvalue weighted by molar-refractivity contribution is 7.86. The average molecular weight is 572 g/mol. The second-order valence-corrected chi connectivity index (χ2v) is 11.4. The second kappa shape index (κ2) is 12.0. The fourth-order valence-electron chi connectivity index (χ4n) is 5.08. The molecule has 5 rings (SSSR count). The van der Waals surface area contributed by atoms with Crippen molar-refractivity contribution in [1.82, 2.24) is 0 Å². The predicted molar refractivity (Wildman–Crippen MR) is 154 cm³/mol. The molecule has 9 heteroatoms. The fourth-order valence-corrected chi connectivity index (χ4v) is 5.53. The van der Waals surface area contributed by atoms with Gasteiger partial charge >= 0.3 is 22.1 Å². The SMILES string of the molecule is CS(=O)(=O)Oc1cccc(C(C(=O)OCc2ccccc2)C(N)C(=O)OCC2c3ccccc3-c3ccccc32)c1. The van der Waals surface area contributed by atoms with Gasteiger partial charge in [0.15, 0.2) is 0 Å². The Kier molecular flexibility index (Phi) is 8.19. The minimum atomic E-state index is -3.83. The lowest BCUT2D eigenvalue weighted by molar-refractivity contribution is -0.154. The van der Waals surface area contributed by atoms with Gasteiger partial charge in [-0.2, -0.15) is 8.42 Å². The summed E-state index contributed by atoms with van der Waals surface area (Å²) in [7, 11) is -3.83. The molecule has 4 aromatic rings. The van der Waals surface area contributed by atoms with E-state index in [9.17, 15) is 18.0 Å². The van der Waals surface area contributed by atoms with Gasteiger partial charge in [0.05, 0.1) is 6.26 Å². The van der Waals surface area contributed by atoms with E-state index in [1.54, 1.807) is 18.2 Å². The van der Waals surface area contributed by atoms with E-state index in [4.69, 9.17) is 19.4 Å². The van der Waals surface area contributed by atoms with E-state index < -0.39 is 34.0 Å². The van der Waals surface area contributed by atoms with Gasteiger partial charge in [-0.3, -0.25) is 9.59 Å². The molecular formula is C32H29NO7S. The molecule has 0 aliphatic heterocycles. The Hall–Kier alpha value is -4.47. The normalized spacial score (nSPS) is 13.9. The van der Waals surface area contributed by atoms with Crippen molar-refractivity contribution >= 4 is 22.1 Å². The van der Waals surface area contributed by atoms with Gasteiger partial charge in [-0.15, -0.1) is 0 Å². The summed E-state index contributed by atoms with van der Waals surface area (Å²) >= 11 is 0. The highest BCUT2D eigenvalue weighted by Gasteiger charge is 2.37. The van der Waals surface area contributed by atoms with Gasteiger partial charge in [0.1, 0.15) is 30.9 Å². The topological polar surface area (TPSA) is 122 Å². The number of carbonyl (C=O) groups is 2. The number of ether oxygens (including phenoxy) is 2. The molecule has 2 N–H and O–H groups in total. The van der Waals surface area contributed by atoms with E-state index in [1.165, 1.54) is 18.2 Å². The Bertz CT molecular complexity index is 1620. The molecule has 1 aliphatic carbocycles. The first-order valence-corrected chi connectivity index (χ1v) is 14.8. The lowest BCUT2D eigenvalue weighted by atomic mass is 9.91. The summed E-state index contributed by atoms with van der Waals surface area (Å²) in [5, 5.41) is 0. The fraction of sp³-hybridized carbons (Fsp3) is 0.188. The van der Waals surface area contributed by atoms with Crippen LogP contribution in [0.4, 0.5) is 0 Å². The molecular weight excluding hydrogens is 542 g/mol. The monoisotopic (exact) mass is 571 g/mol. The molecule has 0 aromatic heterocycles. The van der Waals surface area contributed by atoms with Crippen molar-refractivity contribution in [1.29, 1.82) is 0 Å². The van der Waals surface area contributed by atoms with Crippen molar-refractivity contribution < 1.29 is 31.7 Å². The van der Waals surface area contributed by atoms with Crippen LogP contribution < -0.4 is 9.92 Å². The van der Waals surface area contributed by atoms with Crippen LogP contribution in [-0.2, 0) is 35.8 Å². The summed E-state index contributed by atoms with van der Waals surface area (Å²) in [5.74, 6) is -3.04. The van der Waals surface area contributed by atoms with Crippen LogP contribution in [0.25, 0.3) is 11.1 Å². The van der Waals surface area contributed by atoms with Crippen LogP contribution >= 0.6 is 0 Å². The first-order valence-electron chi connectivity index (χ1n) is 13.0. The molecule has 0 amide bonds. The zero-order valence-corrected chi connectivity index (χ0v) is 23.1. The molecule has 2 atom stereocenters. The Labute approximate surface area is 238 Å². The van der Waals surface area contributed by atoms with Crippen molar-refractivity contribution in [2.24, 2.45) is 5.73 Å². The maximum absolute atomic E-state index is 13.4. The molecule has 0 fully saturated rings. The number of benzene rings is 4. The predicted octanol–water partition coefficient (Wildman–Crippen LogP) is 4.54. The molecule has 0 saturated carbocycles. The van der Waals surface area contributed by atoms with E-state index in [-0.39, 0.29) is 30.4 Å². The van der Waals surface area contributed by atoms with Gasteiger partial charge in [-0.25, -0.2) is 0 Å². The van der Waals surface area contributed by atoms with Gasteiger partial charge in [0.25, 0.3) is 0 Å². The highest BCUT2D eigenvalue weighted by Crippen LogP contribution is 2.44. The number of nitrogens with two attached hydrogens (primary N) is 1. The van der Waals surface area contributed by atoms with E-state index in [2.05, 4.69) is 0 Å². The van der Waals surface area contributed by atoms with Gasteiger partial charge in [0.2, 0.25) is 0 Å². The minimum absolute atomic E-state index is 0.0226. The molecule has 4 aromatic carbocycles. The van der Waals surface area contributed by atoms with E-state index in [0.717, 1.165) is 34.1 Å². The first-order chi connectivity index (χ1) is 19.7. The second-order valence-electron chi connectivity index (χ2n) is 9.81. The Morgan fingerprint density at radius 2 is 1.39 bits per heavy atom. The quantitative estimate of drug-likeness (QED) is 0.218. The third-order valence-electron chi connectivity index (χ3n) is 6.93. The van der Waals surface area contributed by atoms with Crippen LogP contribution in [0.15, 0.2) is 103 Å². The summed E-state index contributed by atoms with van der Waals surface area (Å²) in [6, 6.07) is 29.4. The van der Waals surface area contributed by atoms with Crippen LogP contribution in [0.3, 0.4) is 0 Å². The third kappa shape index (κ3) is 6.48. The van der Waals surface area contributed by atoms with Crippen molar-refractivity contribution in [2.75, 3.05) is 12.9 Å². The molecule has 41 heavy (non-hydrogen) atoms. The molecule has 0 heterocycles. The summed E-state index contributed by atoms with van der Waals surface area (Å²) in [5.41, 5.74) is 11.6. The number of carbonyl (C=O) groups excluding carboxylic acids is 2. The molecule has 0 saturated heterocycles. The molecule has 2 unspecified atom stereocenters. The van der Waals surface area contributed by atoms with E-state index in [1.807, 2.05) is 66.7 Å². The largest absolute Gasteiger partial charge is 0.463 e. The smallest absolute Gasteiger partial charge is 0.324 e. The lowest BCUT2D eigenvalue weighted by Crippen LogP contribution is -2.42. The van der Waals surface area contributed by atoms with Crippen LogP contribution in [0.2, 0.25) is 0 Å². The molecule has 210 valence electrons. The zero-order valence-electron chi connectivity index (χ0n) is 22.3. The highest BCUT2D eigenvalue weighted by atomic mass is 32.2. The lowest BCUT2D eigenvalue weighted by Gasteiger charge is -2.23. The number of rotatable bonds is 10. The number of hydrogen-bond donors (Lipinski definition) is 1. The van der Waals surface area contributed by atoms with Gasteiger partial charge in [-0.05, 0) is 45.5 Å². The third-order valence-corrected chi connectivity index (χ3v) is 7.42. The van der Waals surface area contributed by atoms with Crippen LogP contribution in [0.5, 0.6) is 5.75 Å². The Balaban J connectivity index is 1.38.